The van der Waals surface area contributed by atoms with Crippen LogP contribution in [0.5, 0.6) is 0 Å². The van der Waals surface area contributed by atoms with Crippen molar-refractivity contribution >= 4 is 17.6 Å². The van der Waals surface area contributed by atoms with Gasteiger partial charge >= 0.3 is 12.1 Å². The van der Waals surface area contributed by atoms with Gasteiger partial charge in [0.05, 0.1) is 5.56 Å². The fraction of sp³-hybridized carbons (Fsp3) is 0.348. The van der Waals surface area contributed by atoms with Crippen LogP contribution in [0.2, 0.25) is 5.02 Å². The standard InChI is InChI=1S/C23H22ClF3O3/c1-14-10-17(13-18(24)11-14)22(29,23(25,26)27)9-8-16-6-7-19(15(2)12-16)20(28)30-21(3,4)5/h6-7,10-13,29H,1-5H3/t22-/m0/s1. The molecule has 7 heteroatoms. The first kappa shape index (κ1) is 23.8. The van der Waals surface area contributed by atoms with Gasteiger partial charge in [-0.1, -0.05) is 23.6 Å². The topological polar surface area (TPSA) is 46.5 Å². The smallest absolute Gasteiger partial charge is 0.433 e. The monoisotopic (exact) mass is 438 g/mol. The van der Waals surface area contributed by atoms with E-state index in [4.69, 9.17) is 16.3 Å². The molecule has 0 aliphatic carbocycles. The third kappa shape index (κ3) is 5.56. The summed E-state index contributed by atoms with van der Waals surface area (Å²) in [4.78, 5) is 12.2. The van der Waals surface area contributed by atoms with Crippen LogP contribution < -0.4 is 0 Å². The lowest BCUT2D eigenvalue weighted by atomic mass is 9.92. The van der Waals surface area contributed by atoms with Gasteiger partial charge in [-0.25, -0.2) is 4.79 Å². The van der Waals surface area contributed by atoms with Crippen molar-refractivity contribution in [2.75, 3.05) is 0 Å². The first-order valence-corrected chi connectivity index (χ1v) is 9.44. The predicted octanol–water partition coefficient (Wildman–Crippen LogP) is 5.71. The van der Waals surface area contributed by atoms with E-state index in [1.807, 2.05) is 5.92 Å². The van der Waals surface area contributed by atoms with E-state index in [-0.39, 0.29) is 16.1 Å². The number of rotatable bonds is 2. The molecule has 1 atom stereocenters. The van der Waals surface area contributed by atoms with Gasteiger partial charge in [0, 0.05) is 16.1 Å². The molecule has 0 aliphatic heterocycles. The van der Waals surface area contributed by atoms with E-state index < -0.39 is 28.9 Å². The first-order chi connectivity index (χ1) is 13.6. The van der Waals surface area contributed by atoms with Crippen LogP contribution in [0.3, 0.4) is 0 Å². The summed E-state index contributed by atoms with van der Waals surface area (Å²) in [6, 6.07) is 8.00. The largest absolute Gasteiger partial charge is 0.456 e. The Morgan fingerprint density at radius 3 is 2.20 bits per heavy atom. The SMILES string of the molecule is Cc1cc(Cl)cc([C@@](O)(C#Cc2ccc(C(=O)OC(C)(C)C)c(C)c2)C(F)(F)F)c1. The molecule has 0 radical (unpaired) electrons. The number of carbonyl (C=O) groups excluding carboxylic acids is 1. The minimum atomic E-state index is -5.05. The number of halogens is 4. The molecule has 0 aliphatic rings. The molecule has 0 fully saturated rings. The highest BCUT2D eigenvalue weighted by molar-refractivity contribution is 6.30. The van der Waals surface area contributed by atoms with Crippen LogP contribution in [0.15, 0.2) is 36.4 Å². The number of benzene rings is 2. The lowest BCUT2D eigenvalue weighted by molar-refractivity contribution is -0.240. The Morgan fingerprint density at radius 2 is 1.70 bits per heavy atom. The number of aryl methyl sites for hydroxylation is 2. The van der Waals surface area contributed by atoms with Crippen molar-refractivity contribution in [2.24, 2.45) is 0 Å². The second-order valence-electron chi connectivity index (χ2n) is 8.01. The van der Waals surface area contributed by atoms with Gasteiger partial charge in [-0.3, -0.25) is 0 Å². The summed E-state index contributed by atoms with van der Waals surface area (Å²) in [5, 5.41) is 10.5. The summed E-state index contributed by atoms with van der Waals surface area (Å²) in [5.41, 5.74) is -3.10. The summed E-state index contributed by atoms with van der Waals surface area (Å²) >= 11 is 5.87. The lowest BCUT2D eigenvalue weighted by Crippen LogP contribution is -2.41. The van der Waals surface area contributed by atoms with Crippen molar-refractivity contribution in [3.8, 4) is 11.8 Å². The quantitative estimate of drug-likeness (QED) is 0.482. The highest BCUT2D eigenvalue weighted by atomic mass is 35.5. The van der Waals surface area contributed by atoms with Gasteiger partial charge in [-0.05, 0) is 82.0 Å². The average Bonchev–Trinajstić information content (AvgIpc) is 2.56. The average molecular weight is 439 g/mol. The molecule has 0 amide bonds. The molecule has 0 saturated carbocycles. The third-order valence-corrected chi connectivity index (χ3v) is 4.32. The van der Waals surface area contributed by atoms with E-state index in [1.165, 1.54) is 30.3 Å². The number of aliphatic hydroxyl groups is 1. The first-order valence-electron chi connectivity index (χ1n) is 9.06. The summed E-state index contributed by atoms with van der Waals surface area (Å²) in [7, 11) is 0. The Labute approximate surface area is 178 Å². The molecule has 0 saturated heterocycles. The van der Waals surface area contributed by atoms with Gasteiger partial charge in [0.2, 0.25) is 5.60 Å². The molecule has 0 spiro atoms. The van der Waals surface area contributed by atoms with Crippen molar-refractivity contribution in [3.63, 3.8) is 0 Å². The third-order valence-electron chi connectivity index (χ3n) is 4.10. The number of ether oxygens (including phenoxy) is 1. The molecule has 0 bridgehead atoms. The van der Waals surface area contributed by atoms with Crippen molar-refractivity contribution < 1.29 is 27.8 Å². The van der Waals surface area contributed by atoms with Crippen LogP contribution in [0.1, 0.15) is 53.4 Å². The number of hydrogen-bond acceptors (Lipinski definition) is 3. The highest BCUT2D eigenvalue weighted by Gasteiger charge is 2.54. The van der Waals surface area contributed by atoms with Crippen LogP contribution in [-0.4, -0.2) is 22.9 Å². The van der Waals surface area contributed by atoms with Gasteiger partial charge < -0.3 is 9.84 Å². The zero-order valence-electron chi connectivity index (χ0n) is 17.2. The van der Waals surface area contributed by atoms with Gasteiger partial charge in [-0.2, -0.15) is 13.2 Å². The molecule has 2 aromatic rings. The maximum atomic E-state index is 13.7. The van der Waals surface area contributed by atoms with Crippen LogP contribution in [0.25, 0.3) is 0 Å². The molecule has 0 unspecified atom stereocenters. The Bertz CT molecular complexity index is 1010. The van der Waals surface area contributed by atoms with Crippen LogP contribution in [-0.2, 0) is 10.3 Å². The maximum Gasteiger partial charge on any atom is 0.433 e. The van der Waals surface area contributed by atoms with Crippen LogP contribution >= 0.6 is 11.6 Å². The molecule has 0 aromatic heterocycles. The number of esters is 1. The zero-order chi connectivity index (χ0) is 22.9. The van der Waals surface area contributed by atoms with Crippen molar-refractivity contribution in [3.05, 3.63) is 69.2 Å². The minimum absolute atomic E-state index is 0.0621. The van der Waals surface area contributed by atoms with E-state index in [9.17, 15) is 23.1 Å². The molecule has 0 heterocycles. The summed E-state index contributed by atoms with van der Waals surface area (Å²) in [5.74, 6) is 3.77. The molecule has 30 heavy (non-hydrogen) atoms. The molecule has 1 N–H and O–H groups in total. The van der Waals surface area contributed by atoms with Crippen LogP contribution in [0.4, 0.5) is 13.2 Å². The molecular weight excluding hydrogens is 417 g/mol. The zero-order valence-corrected chi connectivity index (χ0v) is 18.0. The number of hydrogen-bond donors (Lipinski definition) is 1. The number of carbonyl (C=O) groups is 1. The Morgan fingerprint density at radius 1 is 1.07 bits per heavy atom. The maximum absolute atomic E-state index is 13.7. The second kappa shape index (κ2) is 8.33. The van der Waals surface area contributed by atoms with Crippen molar-refractivity contribution in [1.82, 2.24) is 0 Å². The van der Waals surface area contributed by atoms with Gasteiger partial charge in [0.1, 0.15) is 5.60 Å². The molecular formula is C23H22ClF3O3. The predicted molar refractivity (Wildman–Crippen MR) is 109 cm³/mol. The molecule has 3 nitrogen and oxygen atoms in total. The van der Waals surface area contributed by atoms with Gasteiger partial charge in [0.25, 0.3) is 0 Å². The normalized spacial score (nSPS) is 13.8. The second-order valence-corrected chi connectivity index (χ2v) is 8.44. The Kier molecular flexibility index (Phi) is 6.60. The van der Waals surface area contributed by atoms with E-state index in [2.05, 4.69) is 5.92 Å². The van der Waals surface area contributed by atoms with Crippen molar-refractivity contribution in [1.29, 1.82) is 0 Å². The minimum Gasteiger partial charge on any atom is -0.456 e. The van der Waals surface area contributed by atoms with Gasteiger partial charge in [0.15, 0.2) is 0 Å². The summed E-state index contributed by atoms with van der Waals surface area (Å²) in [6.45, 7) is 8.39. The Balaban J connectivity index is 2.46. The van der Waals surface area contributed by atoms with E-state index in [0.717, 1.165) is 6.07 Å². The molecule has 2 aromatic carbocycles. The molecule has 2 rings (SSSR count). The summed E-state index contributed by atoms with van der Waals surface area (Å²) < 4.78 is 46.4. The Hall–Kier alpha value is -2.49. The van der Waals surface area contributed by atoms with Crippen molar-refractivity contribution in [2.45, 2.75) is 52.0 Å². The van der Waals surface area contributed by atoms with E-state index >= 15 is 0 Å². The fourth-order valence-electron chi connectivity index (χ4n) is 2.72. The van der Waals surface area contributed by atoms with Crippen LogP contribution in [0, 0.1) is 25.7 Å². The fourth-order valence-corrected chi connectivity index (χ4v) is 3.01. The molecule has 160 valence electrons. The lowest BCUT2D eigenvalue weighted by Gasteiger charge is -2.26. The van der Waals surface area contributed by atoms with E-state index in [1.54, 1.807) is 34.6 Å². The van der Waals surface area contributed by atoms with Gasteiger partial charge in [-0.15, -0.1) is 0 Å². The van der Waals surface area contributed by atoms with E-state index in [0.29, 0.717) is 11.1 Å². The summed E-state index contributed by atoms with van der Waals surface area (Å²) in [6.07, 6.45) is -5.05. The highest BCUT2D eigenvalue weighted by Crippen LogP contribution is 2.39. The number of alkyl halides is 3.